The maximum atomic E-state index is 13.1. The van der Waals surface area contributed by atoms with Crippen molar-refractivity contribution in [3.05, 3.63) is 307 Å². The van der Waals surface area contributed by atoms with Crippen molar-refractivity contribution in [2.75, 3.05) is 89.1 Å². The molecule has 0 radical (unpaired) electrons. The van der Waals surface area contributed by atoms with Crippen LogP contribution in [0.4, 0.5) is 22.0 Å². The molecule has 8 amide bonds. The van der Waals surface area contributed by atoms with E-state index in [-0.39, 0.29) is 89.2 Å². The van der Waals surface area contributed by atoms with E-state index >= 15 is 0 Å². The number of carbonyl (C=O) groups is 10. The van der Waals surface area contributed by atoms with Crippen LogP contribution in [0.2, 0.25) is 0 Å². The summed E-state index contributed by atoms with van der Waals surface area (Å²) in [7, 11) is 10.1. The summed E-state index contributed by atoms with van der Waals surface area (Å²) in [5.74, 6) is -4.22. The number of aromatic nitrogens is 10. The van der Waals surface area contributed by atoms with Gasteiger partial charge in [-0.15, -0.1) is 0 Å². The Labute approximate surface area is 852 Å². The zero-order valence-corrected chi connectivity index (χ0v) is 81.8. The topological polar surface area (TPSA) is 473 Å². The first kappa shape index (κ1) is 105. The standard InChI is InChI=1S/C22H20FN5O3.2C22H21FN4O3.C22H20FN3O4.C21H18FN3O4/c1-24-13-28(2)19(29)12-25-22(30)16-9-11-18-20(21(16)31-3)17(26-27-18)10-6-14-4-7-15(23)8-5-14;1-30-21-16(22(29)24-13-19(28)27-11-2-12-27)8-10-18-20(21)17(25-26-18)9-5-14-3-6-15(23)7-4-14;1-30-20-15(21(28)25-18-3-2-12-24-22(18)29)9-11-17-19(20)16(26-27-17)10-6-13-4-7-14(23)8-5-13;1-29-19-15(20(27)24-22(11-12-22)21(28)30-2)8-10-17-18(19)16(25-26-17)9-5-13-3-6-14(23)7-4-13;1-29-18-14(19(26)23-21(10-11-21)20(27)28)7-9-16-17(18)15(24-25-16)8-4-12-2-5-13(22)6-3-12/h4-11H,12-13H2,2-3H3,(H,25,30)(H,26,27);3-10H,2,11-13H2,1H3,(H,24,29)(H,25,26);4-11,18H,2-3,12H2,1H3,(H,24,29)(H,25,28)(H,26,27);3-10H,11-12H2,1-2H3,(H,24,27)(H,25,26);2-9H,10-11H2,1H3,(H,23,26)(H,24,25)(H,27,28)/b10-6+;9-5+;10-6+;9-5+;8-4+. The molecule has 1 unspecified atom stereocenters. The number of ether oxygens (including phenoxy) is 6. The number of likely N-dealkylation sites (N-methyl/N-ethyl adjacent to an activating group) is 1. The molecule has 5 aromatic heterocycles. The molecule has 19 rings (SSSR count). The van der Waals surface area contributed by atoms with Gasteiger partial charge < -0.3 is 70.3 Å². The summed E-state index contributed by atoms with van der Waals surface area (Å²) in [5.41, 5.74) is 9.50. The molecule has 41 heteroatoms. The van der Waals surface area contributed by atoms with Crippen LogP contribution in [0.1, 0.15) is 153 Å². The van der Waals surface area contributed by atoms with Crippen molar-refractivity contribution in [2.24, 2.45) is 0 Å². The highest BCUT2D eigenvalue weighted by molar-refractivity contribution is 6.12. The molecule has 768 valence electrons. The average molecular weight is 2040 g/mol. The van der Waals surface area contributed by atoms with Crippen molar-refractivity contribution in [1.82, 2.24) is 92.7 Å². The van der Waals surface area contributed by atoms with E-state index < -0.39 is 52.7 Å². The van der Waals surface area contributed by atoms with E-state index in [9.17, 15) is 75.0 Å². The summed E-state index contributed by atoms with van der Waals surface area (Å²) >= 11 is 0. The summed E-state index contributed by atoms with van der Waals surface area (Å²) in [6.45, 7) is 8.53. The van der Waals surface area contributed by atoms with Crippen molar-refractivity contribution in [3.63, 3.8) is 0 Å². The molecule has 15 aromatic rings. The van der Waals surface area contributed by atoms with Gasteiger partial charge >= 0.3 is 11.9 Å². The van der Waals surface area contributed by atoms with Gasteiger partial charge in [0.2, 0.25) is 17.7 Å². The highest BCUT2D eigenvalue weighted by atomic mass is 19.1. The second kappa shape index (κ2) is 47.7. The van der Waals surface area contributed by atoms with Crippen LogP contribution in [0.15, 0.2) is 182 Å². The van der Waals surface area contributed by atoms with Crippen molar-refractivity contribution < 1.29 is 103 Å². The van der Waals surface area contributed by atoms with Crippen LogP contribution < -0.4 is 55.6 Å². The highest BCUT2D eigenvalue weighted by Crippen LogP contribution is 2.42. The lowest BCUT2D eigenvalue weighted by Crippen LogP contribution is -2.50. The van der Waals surface area contributed by atoms with Crippen LogP contribution in [0.25, 0.3) is 120 Å². The summed E-state index contributed by atoms with van der Waals surface area (Å²) in [4.78, 5) is 129. The number of likely N-dealkylation sites (tertiary alicyclic amines) is 1. The number of aliphatic carboxylic acids is 1. The number of nitrogens with zero attached hydrogens (tertiary/aromatic N) is 8. The number of rotatable bonds is 30. The molecule has 150 heavy (non-hydrogen) atoms. The number of esters is 1. The minimum absolute atomic E-state index is 0.0528. The van der Waals surface area contributed by atoms with Gasteiger partial charge in [0.25, 0.3) is 36.2 Å². The SMILES string of the molecule is COC(=O)C1(NC(=O)c2ccc3n[nH]c(/C=C/c4ccc(F)cc4)c3c2OC)CC1.COc1c(C(=O)NC2(C(=O)O)CC2)ccc2n[nH]c(/C=C/c3ccc(F)cc3)c12.COc1c(C(=O)NC2CCCNC2=O)ccc2n[nH]c(/C=C/c3ccc(F)cc3)c12.COc1c(C(=O)NCC(=O)N2CCC2)ccc2n[nH]c(/C=C/c3ccc(F)cc3)c12.[C-]#[N+]CN(C)C(=O)CNC(=O)c1ccc2n[nH]c(/C=C/c3ccc(F)cc3)c2c1OC. The zero-order chi connectivity index (χ0) is 106. The smallest absolute Gasteiger partial charge is 0.331 e. The second-order valence-electron chi connectivity index (χ2n) is 34.6. The molecule has 2 aliphatic carbocycles. The Morgan fingerprint density at radius 3 is 0.973 bits per heavy atom. The molecule has 0 spiro atoms. The number of hydrogen-bond acceptors (Lipinski definition) is 21. The second-order valence-corrected chi connectivity index (χ2v) is 34.6. The summed E-state index contributed by atoms with van der Waals surface area (Å²) in [6, 6.07) is 46.2. The lowest BCUT2D eigenvalue weighted by atomic mass is 10.0. The predicted octanol–water partition coefficient (Wildman–Crippen LogP) is 15.2. The van der Waals surface area contributed by atoms with Gasteiger partial charge in [0.1, 0.15) is 75.0 Å². The third-order valence-corrected chi connectivity index (χ3v) is 24.8. The molecule has 2 saturated carbocycles. The number of carboxylic acids is 1. The van der Waals surface area contributed by atoms with Crippen LogP contribution in [0, 0.1) is 35.7 Å². The van der Waals surface area contributed by atoms with Crippen LogP contribution >= 0.6 is 0 Å². The number of piperidine rings is 1. The number of methoxy groups -OCH3 is 6. The Balaban J connectivity index is 0.000000140. The Bertz CT molecular complexity index is 7810. The predicted molar refractivity (Wildman–Crippen MR) is 552 cm³/mol. The van der Waals surface area contributed by atoms with E-state index in [1.54, 1.807) is 175 Å². The van der Waals surface area contributed by atoms with Crippen molar-refractivity contribution in [3.8, 4) is 28.7 Å². The molecule has 2 saturated heterocycles. The van der Waals surface area contributed by atoms with Gasteiger partial charge in [-0.05, 0) is 224 Å². The molecule has 7 heterocycles. The number of aromatic amines is 5. The maximum Gasteiger partial charge on any atom is 0.331 e. The van der Waals surface area contributed by atoms with Gasteiger partial charge in [-0.25, -0.2) is 38.1 Å². The molecule has 1 atom stereocenters. The summed E-state index contributed by atoms with van der Waals surface area (Å²) < 4.78 is 97.9. The van der Waals surface area contributed by atoms with E-state index in [1.807, 2.05) is 12.2 Å². The summed E-state index contributed by atoms with van der Waals surface area (Å²) in [6.07, 6.45) is 22.1. The molecular weight excluding hydrogens is 1940 g/mol. The number of benzene rings is 10. The van der Waals surface area contributed by atoms with Crippen molar-refractivity contribution >= 4 is 174 Å². The Hall–Kier alpha value is -18.9. The van der Waals surface area contributed by atoms with Crippen LogP contribution in [-0.2, 0) is 28.7 Å². The van der Waals surface area contributed by atoms with Gasteiger partial charge in [0.15, 0.2) is 0 Å². The molecule has 4 fully saturated rings. The van der Waals surface area contributed by atoms with E-state index in [2.05, 4.69) is 87.7 Å². The van der Waals surface area contributed by atoms with Crippen LogP contribution in [-0.4, -0.2) is 231 Å². The van der Waals surface area contributed by atoms with Gasteiger partial charge in [-0.2, -0.15) is 25.5 Å². The first-order chi connectivity index (χ1) is 72.5. The average Bonchev–Trinajstić information content (AvgIpc) is 1.61. The number of hydrogen-bond donors (Lipinski definition) is 12. The van der Waals surface area contributed by atoms with Crippen molar-refractivity contribution in [1.29, 1.82) is 0 Å². The van der Waals surface area contributed by atoms with Gasteiger partial charge in [0.05, 0.1) is 167 Å². The Morgan fingerprint density at radius 2 is 0.707 bits per heavy atom. The number of amides is 8. The first-order valence-corrected chi connectivity index (χ1v) is 46.9. The molecule has 12 N–H and O–H groups in total. The highest BCUT2D eigenvalue weighted by Gasteiger charge is 2.53. The van der Waals surface area contributed by atoms with E-state index in [0.29, 0.717) is 162 Å². The Kier molecular flexibility index (Phi) is 33.5. The largest absolute Gasteiger partial charge is 0.495 e. The number of halogens is 5. The van der Waals surface area contributed by atoms with Crippen LogP contribution in [0.5, 0.6) is 28.7 Å². The number of nitrogens with one attached hydrogen (secondary N) is 11. The normalized spacial score (nSPS) is 14.0. The Morgan fingerprint density at radius 1 is 0.413 bits per heavy atom. The lowest BCUT2D eigenvalue weighted by Gasteiger charge is -2.30. The van der Waals surface area contributed by atoms with Crippen LogP contribution in [0.3, 0.4) is 0 Å². The minimum atomic E-state index is -1.20. The first-order valence-electron chi connectivity index (χ1n) is 46.9. The van der Waals surface area contributed by atoms with E-state index in [1.165, 1.54) is 115 Å². The monoisotopic (exact) mass is 2040 g/mol. The lowest BCUT2D eigenvalue weighted by molar-refractivity contribution is -0.144. The third-order valence-electron chi connectivity index (χ3n) is 24.8. The molecule has 36 nitrogen and oxygen atoms in total. The number of carboxylic acid groups (broad SMARTS) is 1. The van der Waals surface area contributed by atoms with Gasteiger partial charge in [-0.1, -0.05) is 91.0 Å². The summed E-state index contributed by atoms with van der Waals surface area (Å²) in [5, 5.41) is 64.4. The van der Waals surface area contributed by atoms with Gasteiger partial charge in [-0.3, -0.25) is 73.6 Å². The van der Waals surface area contributed by atoms with E-state index in [4.69, 9.17) is 35.0 Å². The van der Waals surface area contributed by atoms with Gasteiger partial charge in [0, 0.05) is 26.7 Å². The number of fused-ring (bicyclic) bond motifs is 5. The molecule has 2 aliphatic heterocycles. The van der Waals surface area contributed by atoms with E-state index in [0.717, 1.165) is 53.7 Å². The van der Waals surface area contributed by atoms with Crippen molar-refractivity contribution in [2.45, 2.75) is 62.1 Å². The third kappa shape index (κ3) is 24.8. The maximum absolute atomic E-state index is 13.1. The minimum Gasteiger partial charge on any atom is -0.495 e. The number of carbonyl (C=O) groups excluding carboxylic acids is 9. The quantitative estimate of drug-likeness (QED) is 0.0113. The molecule has 0 bridgehead atoms. The number of H-pyrrole nitrogens is 5. The molecule has 10 aromatic carbocycles. The molecule has 4 aliphatic rings. The zero-order valence-electron chi connectivity index (χ0n) is 81.8. The fourth-order valence-corrected chi connectivity index (χ4v) is 16.3. The molecular formula is C109H100F5N19O17. The fourth-order valence-electron chi connectivity index (χ4n) is 16.3. The fraction of sp³-hybridized carbons (Fsp3) is 0.211.